The summed E-state index contributed by atoms with van der Waals surface area (Å²) in [6.45, 7) is 3.01. The van der Waals surface area contributed by atoms with Crippen LogP contribution < -0.4 is 14.8 Å². The highest BCUT2D eigenvalue weighted by atomic mass is 16.5. The highest BCUT2D eigenvalue weighted by molar-refractivity contribution is 5.93. The van der Waals surface area contributed by atoms with Gasteiger partial charge in [-0.05, 0) is 32.8 Å². The lowest BCUT2D eigenvalue weighted by molar-refractivity contribution is -0.117. The number of carbonyl (C=O) groups is 1. The minimum atomic E-state index is -1.33. The van der Waals surface area contributed by atoms with Crippen LogP contribution in [0.3, 0.4) is 0 Å². The summed E-state index contributed by atoms with van der Waals surface area (Å²) in [4.78, 5) is 12.3. The molecule has 7 heteroatoms. The van der Waals surface area contributed by atoms with E-state index in [0.29, 0.717) is 16.9 Å². The second-order valence-corrected chi connectivity index (χ2v) is 8.07. The van der Waals surface area contributed by atoms with Crippen LogP contribution in [0.2, 0.25) is 0 Å². The zero-order valence-electron chi connectivity index (χ0n) is 17.7. The molecule has 0 spiro atoms. The Morgan fingerprint density at radius 3 is 2.48 bits per heavy atom. The third-order valence-electron chi connectivity index (χ3n) is 5.35. The molecule has 0 radical (unpaired) electrons. The third kappa shape index (κ3) is 6.11. The van der Waals surface area contributed by atoms with Crippen LogP contribution >= 0.6 is 0 Å². The molecule has 1 aliphatic carbocycles. The molecule has 1 aromatic rings. The van der Waals surface area contributed by atoms with Crippen LogP contribution in [-0.4, -0.2) is 53.2 Å². The van der Waals surface area contributed by atoms with Gasteiger partial charge in [0.15, 0.2) is 0 Å². The summed E-state index contributed by atoms with van der Waals surface area (Å²) < 4.78 is 10.8. The van der Waals surface area contributed by atoms with Gasteiger partial charge in [0.1, 0.15) is 17.2 Å². The van der Waals surface area contributed by atoms with Crippen molar-refractivity contribution in [1.29, 1.82) is 0 Å². The molecule has 1 atom stereocenters. The zero-order chi connectivity index (χ0) is 21.6. The number of ether oxygens (including phenoxy) is 2. The number of hydrogen-bond acceptors (Lipinski definition) is 6. The van der Waals surface area contributed by atoms with Crippen LogP contribution in [0.25, 0.3) is 6.08 Å². The number of aliphatic hydroxyl groups excluding tert-OH is 1. The van der Waals surface area contributed by atoms with Gasteiger partial charge in [0.25, 0.3) is 0 Å². The van der Waals surface area contributed by atoms with Gasteiger partial charge in [0.2, 0.25) is 5.91 Å². The maximum atomic E-state index is 12.3. The fourth-order valence-corrected chi connectivity index (χ4v) is 3.55. The molecule has 4 N–H and O–H groups in total. The van der Waals surface area contributed by atoms with E-state index in [4.69, 9.17) is 9.47 Å². The van der Waals surface area contributed by atoms with E-state index in [1.165, 1.54) is 52.7 Å². The quantitative estimate of drug-likeness (QED) is 0.493. The Balaban J connectivity index is 2.30. The van der Waals surface area contributed by atoms with Crippen molar-refractivity contribution in [2.75, 3.05) is 14.2 Å². The summed E-state index contributed by atoms with van der Waals surface area (Å²) in [5.74, 6) is 0.271. The number of amides is 1. The van der Waals surface area contributed by atoms with Crippen molar-refractivity contribution in [3.8, 4) is 17.2 Å². The maximum absolute atomic E-state index is 12.3. The molecular weight excluding hydrogens is 374 g/mol. The summed E-state index contributed by atoms with van der Waals surface area (Å²) >= 11 is 0. The Bertz CT molecular complexity index is 732. The second-order valence-electron chi connectivity index (χ2n) is 8.07. The van der Waals surface area contributed by atoms with E-state index in [0.717, 1.165) is 25.7 Å². The van der Waals surface area contributed by atoms with Crippen molar-refractivity contribution < 1.29 is 29.6 Å². The number of aliphatic hydroxyl groups is 2. The lowest BCUT2D eigenvalue weighted by Crippen LogP contribution is -2.37. The number of nitrogens with one attached hydrogen (secondary N) is 1. The van der Waals surface area contributed by atoms with Crippen LogP contribution in [0, 0.1) is 0 Å². The Morgan fingerprint density at radius 2 is 1.93 bits per heavy atom. The fourth-order valence-electron chi connectivity index (χ4n) is 3.55. The minimum absolute atomic E-state index is 0.0469. The second kappa shape index (κ2) is 9.98. The third-order valence-corrected chi connectivity index (χ3v) is 5.35. The van der Waals surface area contributed by atoms with Crippen LogP contribution in [0.15, 0.2) is 12.1 Å². The first kappa shape index (κ1) is 23.0. The molecule has 29 heavy (non-hydrogen) atoms. The highest BCUT2D eigenvalue weighted by Gasteiger charge is 2.29. The van der Waals surface area contributed by atoms with Crippen molar-refractivity contribution in [2.45, 2.75) is 70.1 Å². The first-order valence-electron chi connectivity index (χ1n) is 10.0. The monoisotopic (exact) mass is 407 g/mol. The molecule has 0 unspecified atom stereocenters. The average Bonchev–Trinajstić information content (AvgIpc) is 2.67. The SMILES string of the molecule is COc1cc(O)c(C=CC(=O)NC2CCCCC2)c(OC)c1C[C@H](O)C(C)(C)O. The Morgan fingerprint density at radius 1 is 1.28 bits per heavy atom. The predicted octanol–water partition coefficient (Wildman–Crippen LogP) is 2.55. The lowest BCUT2D eigenvalue weighted by Gasteiger charge is -2.26. The Hall–Kier alpha value is -2.25. The number of phenols is 1. The molecular formula is C22H33NO6. The van der Waals surface area contributed by atoms with Crippen molar-refractivity contribution in [3.63, 3.8) is 0 Å². The van der Waals surface area contributed by atoms with Gasteiger partial charge in [0, 0.05) is 30.2 Å². The molecule has 2 rings (SSSR count). The van der Waals surface area contributed by atoms with E-state index in [1.807, 2.05) is 0 Å². The Labute approximate surface area is 172 Å². The van der Waals surface area contributed by atoms with Crippen molar-refractivity contribution in [1.82, 2.24) is 5.32 Å². The standard InChI is InChI=1S/C22H33NO6/c1-22(2,27)19(25)12-16-18(28-3)13-17(24)15(21(16)29-4)10-11-20(26)23-14-8-6-5-7-9-14/h10-11,13-14,19,24-25,27H,5-9,12H2,1-4H3,(H,23,26)/t19-/m0/s1. The molecule has 0 aromatic heterocycles. The molecule has 1 saturated carbocycles. The highest BCUT2D eigenvalue weighted by Crippen LogP contribution is 2.40. The predicted molar refractivity (Wildman–Crippen MR) is 111 cm³/mol. The number of hydrogen-bond donors (Lipinski definition) is 4. The molecule has 1 aliphatic rings. The molecule has 0 heterocycles. The van der Waals surface area contributed by atoms with Crippen molar-refractivity contribution >= 4 is 12.0 Å². The molecule has 162 valence electrons. The molecule has 7 nitrogen and oxygen atoms in total. The van der Waals surface area contributed by atoms with Crippen LogP contribution in [0.4, 0.5) is 0 Å². The van der Waals surface area contributed by atoms with Gasteiger partial charge in [-0.2, -0.15) is 0 Å². The van der Waals surface area contributed by atoms with Gasteiger partial charge in [-0.25, -0.2) is 0 Å². The molecule has 0 saturated heterocycles. The number of aromatic hydroxyl groups is 1. The average molecular weight is 408 g/mol. The van der Waals surface area contributed by atoms with E-state index < -0.39 is 11.7 Å². The van der Waals surface area contributed by atoms with Crippen molar-refractivity contribution in [2.24, 2.45) is 0 Å². The largest absolute Gasteiger partial charge is 0.507 e. The molecule has 0 aliphatic heterocycles. The minimum Gasteiger partial charge on any atom is -0.507 e. The maximum Gasteiger partial charge on any atom is 0.244 e. The number of methoxy groups -OCH3 is 2. The summed E-state index contributed by atoms with van der Waals surface area (Å²) in [6.07, 6.45) is 7.24. The van der Waals surface area contributed by atoms with Crippen LogP contribution in [0.5, 0.6) is 17.2 Å². The van der Waals surface area contributed by atoms with Gasteiger partial charge >= 0.3 is 0 Å². The molecule has 1 aromatic carbocycles. The smallest absolute Gasteiger partial charge is 0.244 e. The van der Waals surface area contributed by atoms with Crippen molar-refractivity contribution in [3.05, 3.63) is 23.3 Å². The van der Waals surface area contributed by atoms with Gasteiger partial charge in [0.05, 0.1) is 31.5 Å². The summed E-state index contributed by atoms with van der Waals surface area (Å²) in [7, 11) is 2.88. The molecule has 1 amide bonds. The van der Waals surface area contributed by atoms with E-state index >= 15 is 0 Å². The number of carbonyl (C=O) groups excluding carboxylic acids is 1. The summed E-state index contributed by atoms with van der Waals surface area (Å²) in [5, 5.41) is 33.8. The number of phenolic OH excluding ortho intramolecular Hbond substituents is 1. The number of rotatable bonds is 8. The van der Waals surface area contributed by atoms with Crippen LogP contribution in [-0.2, 0) is 11.2 Å². The van der Waals surface area contributed by atoms with E-state index in [-0.39, 0.29) is 29.9 Å². The zero-order valence-corrected chi connectivity index (χ0v) is 17.7. The topological polar surface area (TPSA) is 108 Å². The van der Waals surface area contributed by atoms with Crippen LogP contribution in [0.1, 0.15) is 57.1 Å². The van der Waals surface area contributed by atoms with E-state index in [9.17, 15) is 20.1 Å². The molecule has 0 bridgehead atoms. The van der Waals surface area contributed by atoms with E-state index in [1.54, 1.807) is 0 Å². The first-order valence-corrected chi connectivity index (χ1v) is 10.0. The Kier molecular flexibility index (Phi) is 7.93. The normalized spacial score (nSPS) is 16.6. The first-order chi connectivity index (χ1) is 13.7. The van der Waals surface area contributed by atoms with Gasteiger partial charge in [-0.3, -0.25) is 4.79 Å². The fraction of sp³-hybridized carbons (Fsp3) is 0.591. The van der Waals surface area contributed by atoms with Gasteiger partial charge in [-0.1, -0.05) is 19.3 Å². The van der Waals surface area contributed by atoms with Gasteiger partial charge in [-0.15, -0.1) is 0 Å². The summed E-state index contributed by atoms with van der Waals surface area (Å²) in [5.41, 5.74) is -0.524. The summed E-state index contributed by atoms with van der Waals surface area (Å²) in [6, 6.07) is 1.60. The molecule has 1 fully saturated rings. The number of benzene rings is 1. The lowest BCUT2D eigenvalue weighted by atomic mass is 9.92. The van der Waals surface area contributed by atoms with Gasteiger partial charge < -0.3 is 30.1 Å². The van der Waals surface area contributed by atoms with E-state index in [2.05, 4.69) is 5.32 Å².